The van der Waals surface area contributed by atoms with Crippen LogP contribution >= 0.6 is 23.2 Å². The average molecular weight is 363 g/mol. The first-order valence-corrected chi connectivity index (χ1v) is 8.34. The molecule has 0 saturated heterocycles. The molecule has 124 valence electrons. The smallest absolute Gasteiger partial charge is 0.316 e. The molecule has 0 radical (unpaired) electrons. The second kappa shape index (κ2) is 6.23. The van der Waals surface area contributed by atoms with Gasteiger partial charge in [-0.05, 0) is 6.92 Å². The normalized spacial score (nSPS) is 22.5. The summed E-state index contributed by atoms with van der Waals surface area (Å²) in [7, 11) is 0. The maximum Gasteiger partial charge on any atom is 0.316 e. The molecule has 3 rings (SSSR count). The van der Waals surface area contributed by atoms with Gasteiger partial charge in [0.05, 0.1) is 0 Å². The van der Waals surface area contributed by atoms with E-state index in [1.54, 1.807) is 55.5 Å². The van der Waals surface area contributed by atoms with Gasteiger partial charge in [0.25, 0.3) is 0 Å². The molecule has 0 spiro atoms. The minimum Gasteiger partial charge on any atom is -0.448 e. The van der Waals surface area contributed by atoms with Crippen LogP contribution in [0.5, 0.6) is 0 Å². The summed E-state index contributed by atoms with van der Waals surface area (Å²) >= 11 is 12.1. The number of esters is 1. The van der Waals surface area contributed by atoms with Crippen LogP contribution in [0.1, 0.15) is 35.4 Å². The highest BCUT2D eigenvalue weighted by molar-refractivity contribution is 6.53. The quantitative estimate of drug-likeness (QED) is 0.438. The van der Waals surface area contributed by atoms with E-state index >= 15 is 0 Å². The molecule has 0 N–H and O–H groups in total. The van der Waals surface area contributed by atoms with Gasteiger partial charge in [-0.15, -0.1) is 23.2 Å². The number of ketones is 1. The Kier molecular flexibility index (Phi) is 4.41. The van der Waals surface area contributed by atoms with E-state index in [2.05, 4.69) is 0 Å². The van der Waals surface area contributed by atoms with Crippen molar-refractivity contribution in [1.29, 1.82) is 0 Å². The van der Waals surface area contributed by atoms with Gasteiger partial charge in [0.15, 0.2) is 6.10 Å². The molecule has 2 atom stereocenters. The first-order valence-electron chi connectivity index (χ1n) is 7.58. The maximum absolute atomic E-state index is 12.8. The Hall–Kier alpha value is -1.84. The molecule has 0 bridgehead atoms. The first kappa shape index (κ1) is 17.0. The number of hydrogen-bond acceptors (Lipinski definition) is 3. The van der Waals surface area contributed by atoms with Crippen LogP contribution in [-0.4, -0.2) is 16.1 Å². The van der Waals surface area contributed by atoms with Crippen molar-refractivity contribution in [3.8, 4) is 0 Å². The van der Waals surface area contributed by atoms with E-state index in [4.69, 9.17) is 27.9 Å². The van der Waals surface area contributed by atoms with Crippen molar-refractivity contribution in [2.24, 2.45) is 5.41 Å². The molecule has 1 aliphatic rings. The Morgan fingerprint density at radius 3 is 2.00 bits per heavy atom. The molecule has 24 heavy (non-hydrogen) atoms. The van der Waals surface area contributed by atoms with Gasteiger partial charge < -0.3 is 4.74 Å². The van der Waals surface area contributed by atoms with Gasteiger partial charge in [-0.2, -0.15) is 0 Å². The summed E-state index contributed by atoms with van der Waals surface area (Å²) in [5, 5.41) is 0. The Labute approximate surface area is 150 Å². The lowest BCUT2D eigenvalue weighted by Gasteiger charge is -2.20. The Morgan fingerprint density at radius 1 is 1.00 bits per heavy atom. The lowest BCUT2D eigenvalue weighted by Crippen LogP contribution is -2.27. The predicted octanol–water partition coefficient (Wildman–Crippen LogP) is 4.74. The SMILES string of the molecule is C[C@]1(C(=O)O[C@@H](C(=O)c2ccccc2)c2ccccc2)CC1(Cl)Cl. The van der Waals surface area contributed by atoms with Crippen molar-refractivity contribution in [2.45, 2.75) is 23.8 Å². The molecular weight excluding hydrogens is 347 g/mol. The third-order valence-corrected chi connectivity index (χ3v) is 5.43. The summed E-state index contributed by atoms with van der Waals surface area (Å²) in [5.74, 6) is -0.847. The van der Waals surface area contributed by atoms with E-state index in [0.29, 0.717) is 17.5 Å². The van der Waals surface area contributed by atoms with Crippen LogP contribution in [0.15, 0.2) is 60.7 Å². The minimum absolute atomic E-state index is 0.283. The predicted molar refractivity (Wildman–Crippen MR) is 93.2 cm³/mol. The number of Topliss-reactive ketones (excluding diaryl/α,β-unsaturated/α-hetero) is 1. The summed E-state index contributed by atoms with van der Waals surface area (Å²) in [4.78, 5) is 25.4. The highest BCUT2D eigenvalue weighted by Gasteiger charge is 2.69. The number of carbonyl (C=O) groups excluding carboxylic acids is 2. The fourth-order valence-corrected chi connectivity index (χ4v) is 3.20. The Bertz CT molecular complexity index is 759. The molecule has 3 nitrogen and oxygen atoms in total. The lowest BCUT2D eigenvalue weighted by atomic mass is 9.99. The fraction of sp³-hybridized carbons (Fsp3) is 0.263. The molecule has 1 fully saturated rings. The number of hydrogen-bond donors (Lipinski definition) is 0. The standard InChI is InChI=1S/C19H16Cl2O3/c1-18(12-19(18,20)21)17(23)24-16(14-10-6-3-7-11-14)15(22)13-8-4-2-5-9-13/h2-11,16H,12H2,1H3/t16-,18-/m1/s1. The van der Waals surface area contributed by atoms with E-state index in [-0.39, 0.29) is 5.78 Å². The highest BCUT2D eigenvalue weighted by Crippen LogP contribution is 2.64. The highest BCUT2D eigenvalue weighted by atomic mass is 35.5. The van der Waals surface area contributed by atoms with Gasteiger partial charge >= 0.3 is 5.97 Å². The molecule has 0 unspecified atom stereocenters. The lowest BCUT2D eigenvalue weighted by molar-refractivity contribution is -0.153. The zero-order valence-electron chi connectivity index (χ0n) is 13.0. The number of benzene rings is 2. The van der Waals surface area contributed by atoms with Crippen molar-refractivity contribution in [3.63, 3.8) is 0 Å². The monoisotopic (exact) mass is 362 g/mol. The van der Waals surface area contributed by atoms with Gasteiger partial charge in [-0.3, -0.25) is 9.59 Å². The zero-order chi connectivity index (χ0) is 17.4. The van der Waals surface area contributed by atoms with E-state index in [0.717, 1.165) is 0 Å². The van der Waals surface area contributed by atoms with Crippen molar-refractivity contribution >= 4 is 35.0 Å². The second-order valence-electron chi connectivity index (χ2n) is 6.14. The van der Waals surface area contributed by atoms with Crippen LogP contribution in [0.3, 0.4) is 0 Å². The summed E-state index contributed by atoms with van der Waals surface area (Å²) in [6.07, 6.45) is -0.717. The molecule has 0 heterocycles. The van der Waals surface area contributed by atoms with Crippen LogP contribution in [0.2, 0.25) is 0 Å². The molecule has 0 aromatic heterocycles. The summed E-state index contributed by atoms with van der Waals surface area (Å²) in [6.45, 7) is 1.64. The topological polar surface area (TPSA) is 43.4 Å². The molecule has 1 saturated carbocycles. The van der Waals surface area contributed by atoms with Crippen molar-refractivity contribution in [1.82, 2.24) is 0 Å². The zero-order valence-corrected chi connectivity index (χ0v) is 14.6. The van der Waals surface area contributed by atoms with Crippen LogP contribution in [0, 0.1) is 5.41 Å². The molecule has 1 aliphatic carbocycles. The Morgan fingerprint density at radius 2 is 1.50 bits per heavy atom. The Balaban J connectivity index is 1.89. The van der Waals surface area contributed by atoms with Crippen molar-refractivity contribution < 1.29 is 14.3 Å². The van der Waals surface area contributed by atoms with Crippen molar-refractivity contribution in [3.05, 3.63) is 71.8 Å². The summed E-state index contributed by atoms with van der Waals surface area (Å²) in [6, 6.07) is 17.7. The summed E-state index contributed by atoms with van der Waals surface area (Å²) in [5.41, 5.74) is 0.0990. The fourth-order valence-electron chi connectivity index (χ4n) is 2.51. The maximum atomic E-state index is 12.8. The number of alkyl halides is 2. The van der Waals surface area contributed by atoms with E-state index in [1.807, 2.05) is 12.1 Å². The number of rotatable bonds is 5. The van der Waals surface area contributed by atoms with Crippen LogP contribution in [0.25, 0.3) is 0 Å². The number of carbonyl (C=O) groups is 2. The van der Waals surface area contributed by atoms with E-state index in [9.17, 15) is 9.59 Å². The third-order valence-electron chi connectivity index (χ3n) is 4.33. The third kappa shape index (κ3) is 3.06. The minimum atomic E-state index is -1.14. The molecule has 5 heteroatoms. The van der Waals surface area contributed by atoms with E-state index in [1.165, 1.54) is 0 Å². The molecule has 2 aromatic carbocycles. The van der Waals surface area contributed by atoms with Crippen molar-refractivity contribution in [2.75, 3.05) is 0 Å². The van der Waals surface area contributed by atoms with Gasteiger partial charge in [0.1, 0.15) is 9.75 Å². The average Bonchev–Trinajstić information content (AvgIpc) is 3.13. The second-order valence-corrected chi connectivity index (χ2v) is 7.62. The van der Waals surface area contributed by atoms with E-state index < -0.39 is 21.8 Å². The molecule has 0 aliphatic heterocycles. The largest absolute Gasteiger partial charge is 0.448 e. The van der Waals surface area contributed by atoms with Gasteiger partial charge in [0.2, 0.25) is 5.78 Å². The van der Waals surface area contributed by atoms with Crippen LogP contribution in [0.4, 0.5) is 0 Å². The number of halogens is 2. The van der Waals surface area contributed by atoms with Gasteiger partial charge in [-0.1, -0.05) is 60.7 Å². The summed E-state index contributed by atoms with van der Waals surface area (Å²) < 4.78 is 4.42. The number of ether oxygens (including phenoxy) is 1. The first-order chi connectivity index (χ1) is 11.3. The molecule has 0 amide bonds. The van der Waals surface area contributed by atoms with Crippen LogP contribution < -0.4 is 0 Å². The molecule has 2 aromatic rings. The van der Waals surface area contributed by atoms with Crippen LogP contribution in [-0.2, 0) is 9.53 Å². The molecular formula is C19H16Cl2O3. The van der Waals surface area contributed by atoms with Gasteiger partial charge in [0, 0.05) is 17.5 Å². The van der Waals surface area contributed by atoms with Gasteiger partial charge in [-0.25, -0.2) is 0 Å².